The number of aliphatic hydroxyl groups excluding tert-OH is 1. The number of rotatable bonds is 4. The maximum atomic E-state index is 11.8. The van der Waals surface area contributed by atoms with Crippen molar-refractivity contribution in [2.24, 2.45) is 11.7 Å². The lowest BCUT2D eigenvalue weighted by Gasteiger charge is -2.31. The molecule has 0 bridgehead atoms. The fourth-order valence-corrected chi connectivity index (χ4v) is 2.50. The van der Waals surface area contributed by atoms with Crippen LogP contribution in [0, 0.1) is 5.92 Å². The summed E-state index contributed by atoms with van der Waals surface area (Å²) in [5.74, 6) is -2.10. The van der Waals surface area contributed by atoms with Gasteiger partial charge in [-0.15, -0.1) is 0 Å². The zero-order chi connectivity index (χ0) is 17.0. The summed E-state index contributed by atoms with van der Waals surface area (Å²) >= 11 is 0. The van der Waals surface area contributed by atoms with Gasteiger partial charge in [0.2, 0.25) is 5.91 Å². The molecule has 1 aromatic rings. The Labute approximate surface area is 133 Å². The number of primary amides is 1. The highest BCUT2D eigenvalue weighted by Gasteiger charge is 2.34. The molecule has 23 heavy (non-hydrogen) atoms. The molecule has 3 atom stereocenters. The quantitative estimate of drug-likeness (QED) is 0.366. The zero-order valence-corrected chi connectivity index (χ0v) is 12.4. The number of phenols is 2. The van der Waals surface area contributed by atoms with Crippen LogP contribution in [-0.4, -0.2) is 39.4 Å². The van der Waals surface area contributed by atoms with Crippen molar-refractivity contribution in [2.45, 2.75) is 31.5 Å². The number of amides is 1. The summed E-state index contributed by atoms with van der Waals surface area (Å²) in [5, 5.41) is 28.4. The number of aliphatic hydroxyl groups is 1. The number of benzene rings is 1. The Bertz CT molecular complexity index is 627. The minimum absolute atomic E-state index is 0.204. The summed E-state index contributed by atoms with van der Waals surface area (Å²) in [6.07, 6.45) is 1.99. The number of hydrogen-bond donors (Lipinski definition) is 4. The fraction of sp³-hybridized carbons (Fsp3) is 0.375. The van der Waals surface area contributed by atoms with E-state index in [1.54, 1.807) is 0 Å². The number of hydrogen-bond acceptors (Lipinski definition) is 6. The first-order valence-corrected chi connectivity index (χ1v) is 7.25. The Morgan fingerprint density at radius 2 is 1.96 bits per heavy atom. The molecule has 1 aromatic carbocycles. The lowest BCUT2D eigenvalue weighted by molar-refractivity contribution is -0.154. The first kappa shape index (κ1) is 16.8. The average Bonchev–Trinajstić information content (AvgIpc) is 2.50. The van der Waals surface area contributed by atoms with Crippen LogP contribution in [0.4, 0.5) is 0 Å². The average molecular weight is 321 g/mol. The van der Waals surface area contributed by atoms with Gasteiger partial charge in [-0.2, -0.15) is 0 Å². The van der Waals surface area contributed by atoms with Gasteiger partial charge in [0, 0.05) is 12.0 Å². The molecule has 0 aromatic heterocycles. The largest absolute Gasteiger partial charge is 0.504 e. The van der Waals surface area contributed by atoms with Gasteiger partial charge in [0.15, 0.2) is 11.5 Å². The van der Waals surface area contributed by atoms with Gasteiger partial charge in [-0.3, -0.25) is 4.79 Å². The van der Waals surface area contributed by atoms with Gasteiger partial charge in [-0.05, 0) is 43.0 Å². The van der Waals surface area contributed by atoms with Crippen molar-refractivity contribution in [1.29, 1.82) is 0 Å². The Hall–Kier alpha value is -2.54. The molecular weight excluding hydrogens is 302 g/mol. The molecule has 0 saturated heterocycles. The van der Waals surface area contributed by atoms with Crippen LogP contribution in [-0.2, 0) is 14.3 Å². The van der Waals surface area contributed by atoms with E-state index in [-0.39, 0.29) is 17.9 Å². The molecule has 124 valence electrons. The molecule has 0 spiro atoms. The van der Waals surface area contributed by atoms with Crippen LogP contribution < -0.4 is 5.73 Å². The van der Waals surface area contributed by atoms with Gasteiger partial charge in [0.05, 0.1) is 6.10 Å². The summed E-state index contributed by atoms with van der Waals surface area (Å²) in [7, 11) is 0. The number of carbonyl (C=O) groups is 2. The van der Waals surface area contributed by atoms with Crippen molar-refractivity contribution in [1.82, 2.24) is 0 Å². The van der Waals surface area contributed by atoms with Crippen molar-refractivity contribution >= 4 is 18.0 Å². The summed E-state index contributed by atoms with van der Waals surface area (Å²) in [6.45, 7) is 0. The van der Waals surface area contributed by atoms with E-state index in [1.165, 1.54) is 24.3 Å². The maximum Gasteiger partial charge on any atom is 0.331 e. The maximum absolute atomic E-state index is 11.8. The minimum atomic E-state index is -0.819. The van der Waals surface area contributed by atoms with Crippen molar-refractivity contribution in [2.75, 3.05) is 0 Å². The van der Waals surface area contributed by atoms with Crippen LogP contribution >= 0.6 is 0 Å². The molecular formula is C16H19NO6. The van der Waals surface area contributed by atoms with Gasteiger partial charge < -0.3 is 25.8 Å². The molecule has 7 heteroatoms. The number of nitrogens with two attached hydrogens (primary N) is 1. The number of esters is 1. The third-order valence-corrected chi connectivity index (χ3v) is 3.84. The lowest BCUT2D eigenvalue weighted by Crippen LogP contribution is -2.41. The SMILES string of the molecule is NC(=O)[C@@H]1CC[C@@H](O)[C@H](OC(=O)/C=C/c2ccc(O)c(O)c2)C1. The van der Waals surface area contributed by atoms with E-state index in [1.807, 2.05) is 0 Å². The Balaban J connectivity index is 1.96. The Morgan fingerprint density at radius 1 is 1.22 bits per heavy atom. The topological polar surface area (TPSA) is 130 Å². The summed E-state index contributed by atoms with van der Waals surface area (Å²) < 4.78 is 5.16. The highest BCUT2D eigenvalue weighted by Crippen LogP contribution is 2.27. The van der Waals surface area contributed by atoms with E-state index in [9.17, 15) is 24.9 Å². The standard InChI is InChI=1S/C16H19NO6/c17-16(22)10-3-5-12(19)14(8-10)23-15(21)6-2-9-1-4-11(18)13(20)7-9/h1-2,4,6-7,10,12,14,18-20H,3,5,8H2,(H2,17,22)/b6-2+/t10-,12-,14-/m1/s1. The highest BCUT2D eigenvalue weighted by molar-refractivity contribution is 5.87. The van der Waals surface area contributed by atoms with Crippen molar-refractivity contribution in [3.05, 3.63) is 29.8 Å². The van der Waals surface area contributed by atoms with E-state index < -0.39 is 30.0 Å². The lowest BCUT2D eigenvalue weighted by atomic mass is 9.85. The molecule has 1 saturated carbocycles. The van der Waals surface area contributed by atoms with Crippen molar-refractivity contribution < 1.29 is 29.6 Å². The third-order valence-electron chi connectivity index (χ3n) is 3.84. The van der Waals surface area contributed by atoms with Crippen LogP contribution in [0.25, 0.3) is 6.08 Å². The van der Waals surface area contributed by atoms with Crippen molar-refractivity contribution in [3.63, 3.8) is 0 Å². The number of carbonyl (C=O) groups excluding carboxylic acids is 2. The van der Waals surface area contributed by atoms with E-state index >= 15 is 0 Å². The summed E-state index contributed by atoms with van der Waals surface area (Å²) in [6, 6.07) is 4.10. The predicted molar refractivity (Wildman–Crippen MR) is 81.2 cm³/mol. The van der Waals surface area contributed by atoms with Gasteiger partial charge >= 0.3 is 5.97 Å². The van der Waals surface area contributed by atoms with E-state index in [0.717, 1.165) is 6.08 Å². The van der Waals surface area contributed by atoms with Crippen LogP contribution in [0.3, 0.4) is 0 Å². The summed E-state index contributed by atoms with van der Waals surface area (Å²) in [4.78, 5) is 23.0. The first-order valence-electron chi connectivity index (χ1n) is 7.25. The number of ether oxygens (including phenoxy) is 1. The van der Waals surface area contributed by atoms with Gasteiger partial charge in [-0.25, -0.2) is 4.79 Å². The molecule has 0 heterocycles. The summed E-state index contributed by atoms with van der Waals surface area (Å²) in [5.41, 5.74) is 5.74. The normalized spacial score (nSPS) is 24.5. The Kier molecular flexibility index (Phi) is 5.23. The van der Waals surface area contributed by atoms with Crippen LogP contribution in [0.2, 0.25) is 0 Å². The molecule has 0 radical (unpaired) electrons. The first-order chi connectivity index (χ1) is 10.9. The van der Waals surface area contributed by atoms with E-state index in [2.05, 4.69) is 0 Å². The van der Waals surface area contributed by atoms with Crippen LogP contribution in [0.1, 0.15) is 24.8 Å². The molecule has 2 rings (SSSR count). The second-order valence-electron chi connectivity index (χ2n) is 5.54. The molecule has 1 aliphatic carbocycles. The monoisotopic (exact) mass is 321 g/mol. The highest BCUT2D eigenvalue weighted by atomic mass is 16.6. The fourth-order valence-electron chi connectivity index (χ4n) is 2.50. The smallest absolute Gasteiger partial charge is 0.331 e. The molecule has 1 fully saturated rings. The van der Waals surface area contributed by atoms with E-state index in [4.69, 9.17) is 10.5 Å². The molecule has 5 N–H and O–H groups in total. The predicted octanol–water partition coefficient (Wildman–Crippen LogP) is 0.669. The minimum Gasteiger partial charge on any atom is -0.504 e. The third kappa shape index (κ3) is 4.46. The van der Waals surface area contributed by atoms with Crippen LogP contribution in [0.5, 0.6) is 11.5 Å². The molecule has 1 amide bonds. The second-order valence-corrected chi connectivity index (χ2v) is 5.54. The second kappa shape index (κ2) is 7.15. The molecule has 0 unspecified atom stereocenters. The van der Waals surface area contributed by atoms with Gasteiger partial charge in [-0.1, -0.05) is 6.07 Å². The van der Waals surface area contributed by atoms with Crippen LogP contribution in [0.15, 0.2) is 24.3 Å². The van der Waals surface area contributed by atoms with Gasteiger partial charge in [0.1, 0.15) is 6.10 Å². The van der Waals surface area contributed by atoms with Crippen molar-refractivity contribution in [3.8, 4) is 11.5 Å². The number of aromatic hydroxyl groups is 2. The molecule has 1 aliphatic rings. The van der Waals surface area contributed by atoms with E-state index in [0.29, 0.717) is 18.4 Å². The molecule has 7 nitrogen and oxygen atoms in total. The Morgan fingerprint density at radius 3 is 2.61 bits per heavy atom. The zero-order valence-electron chi connectivity index (χ0n) is 12.4. The number of phenolic OH excluding ortho intramolecular Hbond substituents is 2. The van der Waals surface area contributed by atoms with Gasteiger partial charge in [0.25, 0.3) is 0 Å². The molecule has 0 aliphatic heterocycles.